The van der Waals surface area contributed by atoms with Gasteiger partial charge in [0.1, 0.15) is 0 Å². The van der Waals surface area contributed by atoms with Crippen LogP contribution in [-0.4, -0.2) is 49.1 Å². The molecule has 1 amide bonds. The predicted octanol–water partition coefficient (Wildman–Crippen LogP) is 0.727. The average Bonchev–Trinajstić information content (AvgIpc) is 2.29. The number of hydrogen-bond acceptors (Lipinski definition) is 3. The number of carbonyl (C=O) groups is 1. The molecule has 2 N–H and O–H groups in total. The molecule has 0 spiro atoms. The Hall–Kier alpha value is -0.610. The van der Waals surface area contributed by atoms with Crippen molar-refractivity contribution in [1.82, 2.24) is 15.5 Å². The van der Waals surface area contributed by atoms with Crippen molar-refractivity contribution in [2.75, 3.05) is 20.1 Å². The van der Waals surface area contributed by atoms with Gasteiger partial charge in [0.2, 0.25) is 5.91 Å². The Kier molecular flexibility index (Phi) is 4.40. The zero-order valence-electron chi connectivity index (χ0n) is 11.0. The summed E-state index contributed by atoms with van der Waals surface area (Å²) in [4.78, 5) is 14.4. The number of likely N-dealkylation sites (N-methyl/N-ethyl adjacent to an activating group) is 1. The predicted molar refractivity (Wildman–Crippen MR) is 68.9 cm³/mol. The minimum absolute atomic E-state index is 0.0333. The standard InChI is InChI=1S/C13H25N3O/c1-10-5-3-7-12(14-10)13(17)15-11-6-4-8-16(2)9-11/h10-12,14H,3-9H2,1-2H3,(H,15,17). The van der Waals surface area contributed by atoms with Crippen molar-refractivity contribution in [2.45, 2.75) is 57.2 Å². The fourth-order valence-electron chi connectivity index (χ4n) is 2.93. The van der Waals surface area contributed by atoms with Crippen molar-refractivity contribution in [3.05, 3.63) is 0 Å². The first-order valence-electron chi connectivity index (χ1n) is 6.90. The van der Waals surface area contributed by atoms with E-state index in [0.717, 1.165) is 32.4 Å². The molecular formula is C13H25N3O. The van der Waals surface area contributed by atoms with Crippen LogP contribution < -0.4 is 10.6 Å². The van der Waals surface area contributed by atoms with E-state index < -0.39 is 0 Å². The van der Waals surface area contributed by atoms with E-state index in [9.17, 15) is 4.79 Å². The molecule has 0 saturated carbocycles. The average molecular weight is 239 g/mol. The molecule has 2 fully saturated rings. The van der Waals surface area contributed by atoms with Gasteiger partial charge in [-0.15, -0.1) is 0 Å². The van der Waals surface area contributed by atoms with E-state index in [1.165, 1.54) is 12.8 Å². The van der Waals surface area contributed by atoms with Crippen LogP contribution in [0.15, 0.2) is 0 Å². The first kappa shape index (κ1) is 12.8. The van der Waals surface area contributed by atoms with E-state index in [1.807, 2.05) is 0 Å². The van der Waals surface area contributed by atoms with Crippen LogP contribution in [0.4, 0.5) is 0 Å². The fraction of sp³-hybridized carbons (Fsp3) is 0.923. The highest BCUT2D eigenvalue weighted by molar-refractivity contribution is 5.82. The Bertz CT molecular complexity index is 269. The van der Waals surface area contributed by atoms with Gasteiger partial charge in [0.15, 0.2) is 0 Å². The SMILES string of the molecule is CC1CCCC(C(=O)NC2CCCN(C)C2)N1. The second-order valence-electron chi connectivity index (χ2n) is 5.66. The van der Waals surface area contributed by atoms with Crippen molar-refractivity contribution in [1.29, 1.82) is 0 Å². The van der Waals surface area contributed by atoms with Crippen molar-refractivity contribution in [3.63, 3.8) is 0 Å². The molecule has 0 radical (unpaired) electrons. The number of nitrogens with zero attached hydrogens (tertiary/aromatic N) is 1. The van der Waals surface area contributed by atoms with Crippen LogP contribution in [0.3, 0.4) is 0 Å². The van der Waals surface area contributed by atoms with Gasteiger partial charge in [0, 0.05) is 18.6 Å². The molecule has 98 valence electrons. The second kappa shape index (κ2) is 5.83. The molecule has 2 saturated heterocycles. The highest BCUT2D eigenvalue weighted by Crippen LogP contribution is 2.13. The van der Waals surface area contributed by atoms with Crippen LogP contribution in [0, 0.1) is 0 Å². The zero-order chi connectivity index (χ0) is 12.3. The molecule has 17 heavy (non-hydrogen) atoms. The molecule has 4 heteroatoms. The third kappa shape index (κ3) is 3.68. The van der Waals surface area contributed by atoms with Gasteiger partial charge in [-0.3, -0.25) is 4.79 Å². The molecule has 3 unspecified atom stereocenters. The summed E-state index contributed by atoms with van der Waals surface area (Å²) in [5, 5.41) is 6.59. The van der Waals surface area contributed by atoms with E-state index in [4.69, 9.17) is 0 Å². The molecule has 2 aliphatic rings. The lowest BCUT2D eigenvalue weighted by atomic mass is 9.98. The minimum atomic E-state index is 0.0333. The molecule has 0 aromatic rings. The molecule has 0 aromatic heterocycles. The third-order valence-electron chi connectivity index (χ3n) is 3.90. The normalized spacial score (nSPS) is 35.5. The highest BCUT2D eigenvalue weighted by atomic mass is 16.2. The summed E-state index contributed by atoms with van der Waals surface area (Å²) in [6.45, 7) is 4.31. The Morgan fingerprint density at radius 3 is 2.82 bits per heavy atom. The summed E-state index contributed by atoms with van der Waals surface area (Å²) < 4.78 is 0. The number of rotatable bonds is 2. The molecular weight excluding hydrogens is 214 g/mol. The van der Waals surface area contributed by atoms with Crippen molar-refractivity contribution in [3.8, 4) is 0 Å². The topological polar surface area (TPSA) is 44.4 Å². The Morgan fingerprint density at radius 1 is 1.29 bits per heavy atom. The van der Waals surface area contributed by atoms with Crippen LogP contribution in [0.2, 0.25) is 0 Å². The summed E-state index contributed by atoms with van der Waals surface area (Å²) >= 11 is 0. The Labute approximate surface area is 104 Å². The fourth-order valence-corrected chi connectivity index (χ4v) is 2.93. The Morgan fingerprint density at radius 2 is 2.12 bits per heavy atom. The number of carbonyl (C=O) groups excluding carboxylic acids is 1. The van der Waals surface area contributed by atoms with Gasteiger partial charge in [0.25, 0.3) is 0 Å². The number of hydrogen-bond donors (Lipinski definition) is 2. The van der Waals surface area contributed by atoms with E-state index in [2.05, 4.69) is 29.5 Å². The summed E-state index contributed by atoms with van der Waals surface area (Å²) in [7, 11) is 2.12. The van der Waals surface area contributed by atoms with E-state index in [0.29, 0.717) is 12.1 Å². The van der Waals surface area contributed by atoms with E-state index >= 15 is 0 Å². The van der Waals surface area contributed by atoms with E-state index in [-0.39, 0.29) is 11.9 Å². The summed E-state index contributed by atoms with van der Waals surface area (Å²) in [6, 6.07) is 0.861. The van der Waals surface area contributed by atoms with Crippen molar-refractivity contribution in [2.24, 2.45) is 0 Å². The van der Waals surface area contributed by atoms with Crippen LogP contribution >= 0.6 is 0 Å². The summed E-state index contributed by atoms with van der Waals surface area (Å²) in [6.07, 6.45) is 5.65. The maximum Gasteiger partial charge on any atom is 0.237 e. The maximum absolute atomic E-state index is 12.1. The highest BCUT2D eigenvalue weighted by Gasteiger charge is 2.26. The minimum Gasteiger partial charge on any atom is -0.351 e. The second-order valence-corrected chi connectivity index (χ2v) is 5.66. The molecule has 0 aromatic carbocycles. The van der Waals surface area contributed by atoms with Gasteiger partial charge in [0.05, 0.1) is 6.04 Å². The van der Waals surface area contributed by atoms with Gasteiger partial charge >= 0.3 is 0 Å². The molecule has 0 bridgehead atoms. The van der Waals surface area contributed by atoms with Crippen LogP contribution in [0.5, 0.6) is 0 Å². The van der Waals surface area contributed by atoms with Crippen LogP contribution in [-0.2, 0) is 4.79 Å². The lowest BCUT2D eigenvalue weighted by Crippen LogP contribution is -2.54. The number of nitrogens with one attached hydrogen (secondary N) is 2. The summed E-state index contributed by atoms with van der Waals surface area (Å²) in [5.41, 5.74) is 0. The Balaban J connectivity index is 1.79. The first-order valence-corrected chi connectivity index (χ1v) is 6.90. The zero-order valence-corrected chi connectivity index (χ0v) is 11.0. The molecule has 0 aliphatic carbocycles. The lowest BCUT2D eigenvalue weighted by Gasteiger charge is -2.33. The van der Waals surface area contributed by atoms with Crippen molar-refractivity contribution < 1.29 is 4.79 Å². The monoisotopic (exact) mass is 239 g/mol. The maximum atomic E-state index is 12.1. The van der Waals surface area contributed by atoms with Gasteiger partial charge in [-0.05, 0) is 52.6 Å². The van der Waals surface area contributed by atoms with Gasteiger partial charge < -0.3 is 15.5 Å². The molecule has 2 rings (SSSR count). The molecule has 2 heterocycles. The summed E-state index contributed by atoms with van der Waals surface area (Å²) in [5.74, 6) is 0.205. The van der Waals surface area contributed by atoms with Gasteiger partial charge in [-0.25, -0.2) is 0 Å². The first-order chi connectivity index (χ1) is 8.15. The van der Waals surface area contributed by atoms with Crippen molar-refractivity contribution >= 4 is 5.91 Å². The van der Waals surface area contributed by atoms with Crippen LogP contribution in [0.25, 0.3) is 0 Å². The van der Waals surface area contributed by atoms with E-state index in [1.54, 1.807) is 0 Å². The number of amides is 1. The molecule has 2 aliphatic heterocycles. The lowest BCUT2D eigenvalue weighted by molar-refractivity contribution is -0.125. The number of likely N-dealkylation sites (tertiary alicyclic amines) is 1. The smallest absolute Gasteiger partial charge is 0.237 e. The molecule has 4 nitrogen and oxygen atoms in total. The third-order valence-corrected chi connectivity index (χ3v) is 3.90. The van der Waals surface area contributed by atoms with Gasteiger partial charge in [-0.2, -0.15) is 0 Å². The largest absolute Gasteiger partial charge is 0.351 e. The quantitative estimate of drug-likeness (QED) is 0.746. The van der Waals surface area contributed by atoms with Gasteiger partial charge in [-0.1, -0.05) is 0 Å². The number of piperidine rings is 2. The molecule has 3 atom stereocenters. The van der Waals surface area contributed by atoms with Crippen LogP contribution in [0.1, 0.15) is 39.0 Å².